The number of halogens is 2. The van der Waals surface area contributed by atoms with E-state index in [9.17, 15) is 14.4 Å². The van der Waals surface area contributed by atoms with Gasteiger partial charge in [0.15, 0.2) is 0 Å². The van der Waals surface area contributed by atoms with Crippen LogP contribution in [0, 0.1) is 0 Å². The molecule has 29 heavy (non-hydrogen) atoms. The fraction of sp³-hybridized carbons (Fsp3) is 0.222. The Morgan fingerprint density at radius 1 is 1.28 bits per heavy atom. The molecule has 0 bridgehead atoms. The van der Waals surface area contributed by atoms with E-state index >= 15 is 0 Å². The van der Waals surface area contributed by atoms with Gasteiger partial charge in [0.2, 0.25) is 0 Å². The van der Waals surface area contributed by atoms with E-state index in [1.807, 2.05) is 0 Å². The maximum atomic E-state index is 12.5. The number of rotatable bonds is 6. The van der Waals surface area contributed by atoms with Gasteiger partial charge in [-0.3, -0.25) is 0 Å². The molecule has 1 aliphatic rings. The van der Waals surface area contributed by atoms with Crippen LogP contribution in [0.1, 0.15) is 29.1 Å². The standard InChI is InChI=1S/C18H15Cl2N3O6/c1-2-27-17(25)13-11(22-18(26)23-14(13)12-4-3-5-28-12)8-29-16(24)9-6-10(19)15(20)21-7-9/h3-7,14H,2,8H2,1H3,(H2,22,23,26). The highest BCUT2D eigenvalue weighted by atomic mass is 35.5. The van der Waals surface area contributed by atoms with Crippen molar-refractivity contribution in [3.05, 3.63) is 63.4 Å². The molecule has 1 aliphatic heterocycles. The first-order chi connectivity index (χ1) is 13.9. The zero-order chi connectivity index (χ0) is 21.0. The number of nitrogens with zero attached hydrogens (tertiary/aromatic N) is 1. The number of esters is 2. The number of urea groups is 1. The molecular weight excluding hydrogens is 425 g/mol. The summed E-state index contributed by atoms with van der Waals surface area (Å²) in [5, 5.41) is 5.19. The summed E-state index contributed by atoms with van der Waals surface area (Å²) < 4.78 is 15.6. The van der Waals surface area contributed by atoms with Gasteiger partial charge in [-0.15, -0.1) is 0 Å². The number of pyridine rings is 1. The molecule has 9 nitrogen and oxygen atoms in total. The van der Waals surface area contributed by atoms with Crippen molar-refractivity contribution < 1.29 is 28.3 Å². The molecule has 0 fully saturated rings. The lowest BCUT2D eigenvalue weighted by molar-refractivity contribution is -0.139. The molecule has 0 saturated carbocycles. The lowest BCUT2D eigenvalue weighted by Crippen LogP contribution is -2.47. The predicted molar refractivity (Wildman–Crippen MR) is 101 cm³/mol. The number of hydrogen-bond donors (Lipinski definition) is 2. The maximum absolute atomic E-state index is 12.5. The summed E-state index contributed by atoms with van der Waals surface area (Å²) in [4.78, 5) is 40.7. The van der Waals surface area contributed by atoms with Gasteiger partial charge >= 0.3 is 18.0 Å². The second-order valence-corrected chi connectivity index (χ2v) is 6.50. The van der Waals surface area contributed by atoms with Crippen LogP contribution in [0.3, 0.4) is 0 Å². The lowest BCUT2D eigenvalue weighted by atomic mass is 10.0. The average molecular weight is 440 g/mol. The quantitative estimate of drug-likeness (QED) is 0.524. The monoisotopic (exact) mass is 439 g/mol. The minimum Gasteiger partial charge on any atom is -0.467 e. The molecule has 3 rings (SSSR count). The summed E-state index contributed by atoms with van der Waals surface area (Å²) in [6.07, 6.45) is 2.60. The molecule has 1 atom stereocenters. The third-order valence-corrected chi connectivity index (χ3v) is 4.54. The van der Waals surface area contributed by atoms with Crippen LogP contribution >= 0.6 is 23.2 Å². The molecule has 2 N–H and O–H groups in total. The molecule has 0 radical (unpaired) electrons. The van der Waals surface area contributed by atoms with Gasteiger partial charge in [0.05, 0.1) is 34.7 Å². The minimum absolute atomic E-state index is 0.0439. The van der Waals surface area contributed by atoms with Crippen LogP contribution in [-0.4, -0.2) is 36.2 Å². The van der Waals surface area contributed by atoms with Gasteiger partial charge < -0.3 is 24.5 Å². The van der Waals surface area contributed by atoms with E-state index in [1.54, 1.807) is 19.1 Å². The van der Waals surface area contributed by atoms with Crippen LogP contribution < -0.4 is 10.6 Å². The fourth-order valence-corrected chi connectivity index (χ4v) is 2.87. The third kappa shape index (κ3) is 4.69. The molecule has 152 valence electrons. The summed E-state index contributed by atoms with van der Waals surface area (Å²) >= 11 is 11.6. The Labute approximate surface area is 175 Å². The van der Waals surface area contributed by atoms with Gasteiger partial charge in [-0.05, 0) is 25.1 Å². The van der Waals surface area contributed by atoms with Crippen LogP contribution in [0.25, 0.3) is 0 Å². The number of carbonyl (C=O) groups excluding carboxylic acids is 3. The Morgan fingerprint density at radius 3 is 2.72 bits per heavy atom. The van der Waals surface area contributed by atoms with Crippen LogP contribution in [0.4, 0.5) is 4.79 Å². The summed E-state index contributed by atoms with van der Waals surface area (Å²) in [7, 11) is 0. The Morgan fingerprint density at radius 2 is 2.07 bits per heavy atom. The SMILES string of the molecule is CCOC(=O)C1=C(COC(=O)c2cnc(Cl)c(Cl)c2)NC(=O)NC1c1ccco1. The van der Waals surface area contributed by atoms with Crippen molar-refractivity contribution in [2.45, 2.75) is 13.0 Å². The molecule has 0 spiro atoms. The number of nitrogens with one attached hydrogen (secondary N) is 2. The van der Waals surface area contributed by atoms with E-state index in [0.717, 1.165) is 0 Å². The summed E-state index contributed by atoms with van der Waals surface area (Å²) in [6.45, 7) is 1.35. The zero-order valence-electron chi connectivity index (χ0n) is 15.0. The molecule has 0 aromatic carbocycles. The molecular formula is C18H15Cl2N3O6. The van der Waals surface area contributed by atoms with Crippen LogP contribution in [0.5, 0.6) is 0 Å². The maximum Gasteiger partial charge on any atom is 0.340 e. The van der Waals surface area contributed by atoms with Crippen molar-refractivity contribution in [2.75, 3.05) is 13.2 Å². The summed E-state index contributed by atoms with van der Waals surface area (Å²) in [5.74, 6) is -1.14. The molecule has 0 aliphatic carbocycles. The lowest BCUT2D eigenvalue weighted by Gasteiger charge is -2.27. The van der Waals surface area contributed by atoms with Crippen molar-refractivity contribution >= 4 is 41.2 Å². The Hall–Kier alpha value is -3.04. The van der Waals surface area contributed by atoms with Gasteiger partial charge in [-0.2, -0.15) is 0 Å². The number of aromatic nitrogens is 1. The molecule has 2 aromatic heterocycles. The molecule has 3 heterocycles. The van der Waals surface area contributed by atoms with Gasteiger partial charge in [-0.1, -0.05) is 23.2 Å². The van der Waals surface area contributed by atoms with Crippen molar-refractivity contribution in [1.29, 1.82) is 0 Å². The normalized spacial score (nSPS) is 16.1. The topological polar surface area (TPSA) is 120 Å². The van der Waals surface area contributed by atoms with E-state index in [-0.39, 0.29) is 33.6 Å². The third-order valence-electron chi connectivity index (χ3n) is 3.86. The van der Waals surface area contributed by atoms with Gasteiger partial charge in [0, 0.05) is 6.20 Å². The minimum atomic E-state index is -0.904. The van der Waals surface area contributed by atoms with Gasteiger partial charge in [0.25, 0.3) is 0 Å². The second-order valence-electron chi connectivity index (χ2n) is 5.73. The first-order valence-electron chi connectivity index (χ1n) is 8.40. The largest absolute Gasteiger partial charge is 0.467 e. The fourth-order valence-electron chi connectivity index (χ4n) is 2.60. The van der Waals surface area contributed by atoms with Gasteiger partial charge in [-0.25, -0.2) is 19.4 Å². The highest BCUT2D eigenvalue weighted by molar-refractivity contribution is 6.41. The van der Waals surface area contributed by atoms with Crippen molar-refractivity contribution in [3.8, 4) is 0 Å². The van der Waals surface area contributed by atoms with E-state index in [1.165, 1.54) is 18.5 Å². The number of ether oxygens (including phenoxy) is 2. The summed E-state index contributed by atoms with van der Waals surface area (Å²) in [6, 6.07) is 3.01. The van der Waals surface area contributed by atoms with E-state index < -0.39 is 30.6 Å². The van der Waals surface area contributed by atoms with Crippen molar-refractivity contribution in [1.82, 2.24) is 15.6 Å². The van der Waals surface area contributed by atoms with Crippen molar-refractivity contribution in [3.63, 3.8) is 0 Å². The highest BCUT2D eigenvalue weighted by Gasteiger charge is 2.35. The molecule has 2 aromatic rings. The number of hydrogen-bond acceptors (Lipinski definition) is 7. The first-order valence-corrected chi connectivity index (χ1v) is 9.15. The molecule has 2 amide bonds. The predicted octanol–water partition coefficient (Wildman–Crippen LogP) is 3.01. The Bertz CT molecular complexity index is 974. The highest BCUT2D eigenvalue weighted by Crippen LogP contribution is 2.28. The average Bonchev–Trinajstić information content (AvgIpc) is 3.22. The number of carbonyl (C=O) groups is 3. The Kier molecular flexibility index (Phi) is 6.40. The zero-order valence-corrected chi connectivity index (χ0v) is 16.5. The summed E-state index contributed by atoms with van der Waals surface area (Å²) in [5.41, 5.74) is 0.178. The molecule has 0 saturated heterocycles. The van der Waals surface area contributed by atoms with Crippen molar-refractivity contribution in [2.24, 2.45) is 0 Å². The molecule has 11 heteroatoms. The van der Waals surface area contributed by atoms with Crippen LogP contribution in [-0.2, 0) is 14.3 Å². The number of amides is 2. The first kappa shape index (κ1) is 20.7. The van der Waals surface area contributed by atoms with Crippen LogP contribution in [0.15, 0.2) is 46.3 Å². The smallest absolute Gasteiger partial charge is 0.340 e. The van der Waals surface area contributed by atoms with E-state index in [4.69, 9.17) is 37.1 Å². The molecule has 1 unspecified atom stereocenters. The van der Waals surface area contributed by atoms with Gasteiger partial charge in [0.1, 0.15) is 23.6 Å². The Balaban J connectivity index is 1.88. The van der Waals surface area contributed by atoms with E-state index in [2.05, 4.69) is 15.6 Å². The number of furan rings is 1. The second kappa shape index (κ2) is 8.97. The van der Waals surface area contributed by atoms with E-state index in [0.29, 0.717) is 5.76 Å². The van der Waals surface area contributed by atoms with Crippen LogP contribution in [0.2, 0.25) is 10.2 Å².